The number of nitrogens with zero attached hydrogens (tertiary/aromatic N) is 5. The van der Waals surface area contributed by atoms with Crippen LogP contribution >= 0.6 is 12.2 Å². The second kappa shape index (κ2) is 27.5. The molecule has 0 saturated carbocycles. The molecule has 286 valence electrons. The second-order valence-corrected chi connectivity index (χ2v) is 12.2. The lowest BCUT2D eigenvalue weighted by molar-refractivity contribution is -0.166. The largest absolute Gasteiger partial charge is 0.361 e. The number of amides is 5. The summed E-state index contributed by atoms with van der Waals surface area (Å²) < 4.78 is 0. The zero-order valence-electron chi connectivity index (χ0n) is 29.8. The zero-order chi connectivity index (χ0) is 37.9. The molecule has 0 atom stereocenters. The molecule has 18 heteroatoms. The Morgan fingerprint density at radius 1 is 0.667 bits per heavy atom. The zero-order valence-corrected chi connectivity index (χ0v) is 30.6. The van der Waals surface area contributed by atoms with E-state index in [2.05, 4.69) is 31.5 Å². The van der Waals surface area contributed by atoms with E-state index in [-0.39, 0.29) is 57.1 Å². The van der Waals surface area contributed by atoms with Crippen LogP contribution in [0.1, 0.15) is 103 Å². The lowest BCUT2D eigenvalue weighted by Gasteiger charge is -2.15. The highest BCUT2D eigenvalue weighted by Gasteiger charge is 2.14. The first-order valence-electron chi connectivity index (χ1n) is 17.4. The number of pyridine rings is 1. The Morgan fingerprint density at radius 2 is 1.14 bits per heavy atom. The molecule has 17 nitrogen and oxygen atoms in total. The van der Waals surface area contributed by atoms with Crippen molar-refractivity contribution in [3.63, 3.8) is 0 Å². The molecule has 0 aromatic carbocycles. The number of hydrazone groups is 1. The van der Waals surface area contributed by atoms with Gasteiger partial charge in [0.05, 0.1) is 11.4 Å². The Hall–Kier alpha value is -4.26. The van der Waals surface area contributed by atoms with Crippen molar-refractivity contribution < 1.29 is 39.6 Å². The fourth-order valence-corrected chi connectivity index (χ4v) is 4.59. The summed E-state index contributed by atoms with van der Waals surface area (Å²) in [6.45, 7) is 4.96. The van der Waals surface area contributed by atoms with Gasteiger partial charge in [0.15, 0.2) is 5.11 Å². The number of hydroxylamine groups is 6. The summed E-state index contributed by atoms with van der Waals surface area (Å²) in [5.74, 6) is -2.13. The number of rotatable bonds is 26. The number of hydrogen-bond donors (Lipinski definition) is 7. The molecule has 0 unspecified atom stereocenters. The van der Waals surface area contributed by atoms with E-state index >= 15 is 0 Å². The van der Waals surface area contributed by atoms with Crippen LogP contribution in [0.4, 0.5) is 0 Å². The molecule has 51 heavy (non-hydrogen) atoms. The van der Waals surface area contributed by atoms with Gasteiger partial charge in [0, 0.05) is 78.1 Å². The summed E-state index contributed by atoms with van der Waals surface area (Å²) in [6.07, 6.45) is 7.14. The molecule has 0 aliphatic rings. The summed E-state index contributed by atoms with van der Waals surface area (Å²) in [6, 6.07) is 5.55. The minimum Gasteiger partial charge on any atom is -0.361 e. The summed E-state index contributed by atoms with van der Waals surface area (Å²) in [4.78, 5) is 63.4. The number of aromatic nitrogens is 1. The minimum atomic E-state index is -0.558. The van der Waals surface area contributed by atoms with Crippen molar-refractivity contribution in [3.05, 3.63) is 30.1 Å². The van der Waals surface area contributed by atoms with Gasteiger partial charge in [-0.1, -0.05) is 6.07 Å². The molecular formula is C33H55N9O8S. The molecule has 0 aliphatic carbocycles. The van der Waals surface area contributed by atoms with E-state index in [0.29, 0.717) is 90.6 Å². The van der Waals surface area contributed by atoms with E-state index in [1.165, 1.54) is 6.92 Å². The maximum absolute atomic E-state index is 12.2. The first kappa shape index (κ1) is 44.8. The molecule has 0 spiro atoms. The van der Waals surface area contributed by atoms with Crippen molar-refractivity contribution >= 4 is 52.6 Å². The summed E-state index contributed by atoms with van der Waals surface area (Å²) >= 11 is 5.21. The van der Waals surface area contributed by atoms with Crippen LogP contribution in [0, 0.1) is 0 Å². The van der Waals surface area contributed by atoms with Crippen molar-refractivity contribution in [2.45, 2.75) is 97.3 Å². The van der Waals surface area contributed by atoms with Crippen LogP contribution in [0.15, 0.2) is 29.5 Å². The molecule has 1 heterocycles. The highest BCUT2D eigenvalue weighted by Crippen LogP contribution is 2.04. The number of unbranched alkanes of at least 4 members (excludes halogenated alkanes) is 6. The van der Waals surface area contributed by atoms with Gasteiger partial charge in [-0.2, -0.15) is 5.10 Å². The predicted molar refractivity (Wildman–Crippen MR) is 192 cm³/mol. The van der Waals surface area contributed by atoms with Gasteiger partial charge in [0.1, 0.15) is 0 Å². The van der Waals surface area contributed by atoms with Gasteiger partial charge in [-0.25, -0.2) is 15.2 Å². The molecule has 0 fully saturated rings. The average molecular weight is 738 g/mol. The number of carbonyl (C=O) groups excluding carboxylic acids is 5. The molecule has 5 amide bonds. The second-order valence-electron chi connectivity index (χ2n) is 11.8. The predicted octanol–water partition coefficient (Wildman–Crippen LogP) is 2.25. The van der Waals surface area contributed by atoms with Gasteiger partial charge in [-0.3, -0.25) is 50.0 Å². The molecule has 1 rings (SSSR count). The van der Waals surface area contributed by atoms with E-state index in [4.69, 9.17) is 12.2 Å². The summed E-state index contributed by atoms with van der Waals surface area (Å²) in [5.41, 5.74) is 4.22. The average Bonchev–Trinajstić information content (AvgIpc) is 3.12. The standard InChI is InChI=1S/C33H55N9O8S/c1-26(28-14-6-10-19-34-28)38-39-33(51)37-22-9-5-13-25-42(50)32(47)18-16-30(45)36-21-8-4-12-24-41(49)31(46)17-15-29(44)35-20-7-3-11-23-40(48)27(2)43/h6,10,14,19,48-50H,3-5,7-9,11-13,15-18,20-25H2,1-2H3,(H,35,44)(H,36,45)(H2,37,39,51)/b38-26+. The number of hydrogen-bond acceptors (Lipinski definition) is 11. The fourth-order valence-electron chi connectivity index (χ4n) is 4.44. The van der Waals surface area contributed by atoms with E-state index in [0.717, 1.165) is 18.5 Å². The topological polar surface area (TPSA) is 229 Å². The first-order chi connectivity index (χ1) is 24.4. The van der Waals surface area contributed by atoms with Crippen LogP contribution in [0.25, 0.3) is 0 Å². The van der Waals surface area contributed by atoms with Crippen molar-refractivity contribution in [3.8, 4) is 0 Å². The Balaban J connectivity index is 2.01. The molecule has 7 N–H and O–H groups in total. The van der Waals surface area contributed by atoms with Gasteiger partial charge in [0.25, 0.3) is 0 Å². The van der Waals surface area contributed by atoms with E-state index in [1.807, 2.05) is 25.1 Å². The monoisotopic (exact) mass is 737 g/mol. The van der Waals surface area contributed by atoms with Gasteiger partial charge in [0.2, 0.25) is 29.5 Å². The minimum absolute atomic E-state index is 0.0516. The third-order valence-electron chi connectivity index (χ3n) is 7.50. The molecular weight excluding hydrogens is 682 g/mol. The molecule has 0 bridgehead atoms. The van der Waals surface area contributed by atoms with Crippen LogP contribution < -0.4 is 21.4 Å². The first-order valence-corrected chi connectivity index (χ1v) is 17.8. The van der Waals surface area contributed by atoms with Crippen LogP contribution in [0.5, 0.6) is 0 Å². The van der Waals surface area contributed by atoms with Gasteiger partial charge in [-0.05, 0) is 89.1 Å². The highest BCUT2D eigenvalue weighted by atomic mass is 32.1. The Kier molecular flexibility index (Phi) is 24.1. The van der Waals surface area contributed by atoms with Crippen LogP contribution in [0.3, 0.4) is 0 Å². The van der Waals surface area contributed by atoms with E-state index in [9.17, 15) is 39.6 Å². The maximum Gasteiger partial charge on any atom is 0.246 e. The summed E-state index contributed by atoms with van der Waals surface area (Å²) in [5, 5.41) is 44.2. The van der Waals surface area contributed by atoms with Gasteiger partial charge in [-0.15, -0.1) is 0 Å². The van der Waals surface area contributed by atoms with Gasteiger partial charge < -0.3 is 16.0 Å². The molecule has 1 aromatic rings. The molecule has 1 aromatic heterocycles. The third-order valence-corrected chi connectivity index (χ3v) is 7.74. The number of carbonyl (C=O) groups is 5. The van der Waals surface area contributed by atoms with Crippen molar-refractivity contribution in [1.29, 1.82) is 0 Å². The molecule has 0 radical (unpaired) electrons. The molecule has 0 aliphatic heterocycles. The van der Waals surface area contributed by atoms with E-state index in [1.54, 1.807) is 6.20 Å². The van der Waals surface area contributed by atoms with Crippen LogP contribution in [-0.2, 0) is 24.0 Å². The lowest BCUT2D eigenvalue weighted by atomic mass is 10.2. The third kappa shape index (κ3) is 23.0. The number of nitrogens with one attached hydrogen (secondary N) is 4. The van der Waals surface area contributed by atoms with Gasteiger partial charge >= 0.3 is 0 Å². The highest BCUT2D eigenvalue weighted by molar-refractivity contribution is 7.80. The van der Waals surface area contributed by atoms with Crippen molar-refractivity contribution in [2.75, 3.05) is 39.3 Å². The molecule has 0 saturated heterocycles. The van der Waals surface area contributed by atoms with Crippen LogP contribution in [-0.4, -0.2) is 115 Å². The Labute approximate surface area is 305 Å². The summed E-state index contributed by atoms with van der Waals surface area (Å²) in [7, 11) is 0. The fraction of sp³-hybridized carbons (Fsp3) is 0.636. The Bertz CT molecular complexity index is 1260. The maximum atomic E-state index is 12.2. The van der Waals surface area contributed by atoms with Crippen molar-refractivity contribution in [2.24, 2.45) is 5.10 Å². The van der Waals surface area contributed by atoms with E-state index < -0.39 is 17.7 Å². The quantitative estimate of drug-likeness (QED) is 0.0239. The van der Waals surface area contributed by atoms with Crippen LogP contribution in [0.2, 0.25) is 0 Å². The SMILES string of the molecule is CC(=O)N(O)CCCCCNC(=O)CCC(=O)N(O)CCCCCNC(=O)CCC(=O)N(O)CCCCCNC(=S)N/N=C(\C)c1ccccn1. The Morgan fingerprint density at radius 3 is 1.59 bits per heavy atom. The normalized spacial score (nSPS) is 11.0. The number of thiocarbonyl (C=S) groups is 1. The lowest BCUT2D eigenvalue weighted by Crippen LogP contribution is -2.33. The van der Waals surface area contributed by atoms with Crippen molar-refractivity contribution in [1.82, 2.24) is 41.5 Å². The smallest absolute Gasteiger partial charge is 0.246 e.